The van der Waals surface area contributed by atoms with Crippen LogP contribution in [0, 0.1) is 11.8 Å². The molecule has 0 aliphatic heterocycles. The van der Waals surface area contributed by atoms with E-state index in [1.807, 2.05) is 20.8 Å². The van der Waals surface area contributed by atoms with Crippen LogP contribution in [0.2, 0.25) is 0 Å². The van der Waals surface area contributed by atoms with E-state index in [4.69, 9.17) is 5.73 Å². The number of nitrogens with one attached hydrogen (secondary N) is 2. The van der Waals surface area contributed by atoms with Crippen LogP contribution in [0.3, 0.4) is 0 Å². The predicted molar refractivity (Wildman–Crippen MR) is 106 cm³/mol. The number of alkyl halides is 2. The van der Waals surface area contributed by atoms with Gasteiger partial charge in [0.1, 0.15) is 0 Å². The van der Waals surface area contributed by atoms with Gasteiger partial charge in [0.15, 0.2) is 0 Å². The molecule has 0 saturated heterocycles. The monoisotopic (exact) mass is 375 g/mol. The summed E-state index contributed by atoms with van der Waals surface area (Å²) in [6.07, 6.45) is 5.73. The summed E-state index contributed by atoms with van der Waals surface area (Å²) >= 11 is 0. The van der Waals surface area contributed by atoms with Crippen molar-refractivity contribution in [1.29, 1.82) is 0 Å². The van der Waals surface area contributed by atoms with Crippen molar-refractivity contribution >= 4 is 0 Å². The Bertz CT molecular complexity index is 403. The highest BCUT2D eigenvalue weighted by atomic mass is 19.3. The van der Waals surface area contributed by atoms with Crippen molar-refractivity contribution in [2.24, 2.45) is 17.6 Å². The Labute approximate surface area is 158 Å². The van der Waals surface area contributed by atoms with Crippen LogP contribution in [-0.4, -0.2) is 36.4 Å². The fourth-order valence-corrected chi connectivity index (χ4v) is 2.88. The Morgan fingerprint density at radius 3 is 2.42 bits per heavy atom. The second kappa shape index (κ2) is 13.2. The number of rotatable bonds is 16. The number of hydrogen-bond acceptors (Lipinski definition) is 4. The minimum Gasteiger partial charge on any atom is -0.396 e. The van der Waals surface area contributed by atoms with Crippen molar-refractivity contribution in [3.63, 3.8) is 0 Å². The zero-order chi connectivity index (χ0) is 20.2. The lowest BCUT2D eigenvalue weighted by atomic mass is 9.91. The van der Waals surface area contributed by atoms with Crippen LogP contribution in [0.5, 0.6) is 0 Å². The van der Waals surface area contributed by atoms with Gasteiger partial charge in [-0.1, -0.05) is 26.0 Å². The first-order valence-electron chi connectivity index (χ1n) is 9.69. The molecule has 0 aromatic carbocycles. The lowest BCUT2D eigenvalue weighted by molar-refractivity contribution is -0.110. The average molecular weight is 376 g/mol. The molecule has 0 aliphatic rings. The molecule has 0 saturated carbocycles. The standard InChI is InChI=1S/C20H39F2N3O/c1-6-7-10-16(4)13-18(14-26)20(21,22)24-12-9-8-11-19(23)17(5)25-15(2)3/h6,15-16,18-19,24-26H,1,5,7-14,23H2,2-4H3. The van der Waals surface area contributed by atoms with Gasteiger partial charge in [0.2, 0.25) is 0 Å². The minimum absolute atomic E-state index is 0.121. The zero-order valence-electron chi connectivity index (χ0n) is 16.7. The van der Waals surface area contributed by atoms with Crippen molar-refractivity contribution in [2.75, 3.05) is 13.2 Å². The van der Waals surface area contributed by atoms with Crippen LogP contribution in [0.15, 0.2) is 24.9 Å². The van der Waals surface area contributed by atoms with Crippen molar-refractivity contribution in [2.45, 2.75) is 77.4 Å². The fourth-order valence-electron chi connectivity index (χ4n) is 2.88. The fraction of sp³-hybridized carbons (Fsp3) is 0.800. The lowest BCUT2D eigenvalue weighted by Gasteiger charge is -2.28. The molecule has 0 amide bonds. The quantitative estimate of drug-likeness (QED) is 0.188. The molecule has 0 rings (SSSR count). The predicted octanol–water partition coefficient (Wildman–Crippen LogP) is 3.78. The van der Waals surface area contributed by atoms with E-state index in [0.717, 1.165) is 25.0 Å². The third kappa shape index (κ3) is 10.9. The molecule has 5 N–H and O–H groups in total. The van der Waals surface area contributed by atoms with Crippen LogP contribution in [0.25, 0.3) is 0 Å². The Morgan fingerprint density at radius 2 is 1.88 bits per heavy atom. The molecule has 3 atom stereocenters. The number of aliphatic hydroxyl groups is 1. The topological polar surface area (TPSA) is 70.3 Å². The Kier molecular flexibility index (Phi) is 12.7. The highest BCUT2D eigenvalue weighted by molar-refractivity contribution is 5.02. The summed E-state index contributed by atoms with van der Waals surface area (Å²) in [5.74, 6) is -0.949. The highest BCUT2D eigenvalue weighted by Crippen LogP contribution is 2.29. The van der Waals surface area contributed by atoms with Gasteiger partial charge in [0.05, 0.1) is 12.5 Å². The van der Waals surface area contributed by atoms with Gasteiger partial charge in [-0.05, 0) is 51.9 Å². The normalized spacial score (nSPS) is 15.5. The molecule has 4 nitrogen and oxygen atoms in total. The number of allylic oxidation sites excluding steroid dienone is 1. The molecular formula is C20H39F2N3O. The van der Waals surface area contributed by atoms with E-state index < -0.39 is 18.6 Å². The molecule has 154 valence electrons. The SMILES string of the molecule is C=CCCC(C)CC(CO)C(F)(F)NCCCCC(N)C(=C)NC(C)C. The number of aliphatic hydroxyl groups excluding tert-OH is 1. The number of hydrogen-bond donors (Lipinski definition) is 4. The summed E-state index contributed by atoms with van der Waals surface area (Å²) in [7, 11) is 0. The summed E-state index contributed by atoms with van der Waals surface area (Å²) in [5, 5.41) is 14.9. The van der Waals surface area contributed by atoms with Gasteiger partial charge in [-0.2, -0.15) is 8.78 Å². The smallest absolute Gasteiger partial charge is 0.307 e. The van der Waals surface area contributed by atoms with Crippen LogP contribution < -0.4 is 16.4 Å². The zero-order valence-corrected chi connectivity index (χ0v) is 16.7. The summed E-state index contributed by atoms with van der Waals surface area (Å²) in [6.45, 7) is 13.2. The van der Waals surface area contributed by atoms with Crippen LogP contribution >= 0.6 is 0 Å². The molecule has 0 bridgehead atoms. The first-order chi connectivity index (χ1) is 12.1. The molecule has 0 aromatic heterocycles. The lowest BCUT2D eigenvalue weighted by Crippen LogP contribution is -2.46. The van der Waals surface area contributed by atoms with Gasteiger partial charge in [0.25, 0.3) is 0 Å². The molecule has 3 unspecified atom stereocenters. The third-order valence-electron chi connectivity index (χ3n) is 4.51. The summed E-state index contributed by atoms with van der Waals surface area (Å²) in [6, 6.07) is -2.96. The van der Waals surface area contributed by atoms with Gasteiger partial charge in [-0.25, -0.2) is 0 Å². The van der Waals surface area contributed by atoms with Crippen molar-refractivity contribution in [3.05, 3.63) is 24.9 Å². The molecule has 0 heterocycles. The first-order valence-corrected chi connectivity index (χ1v) is 9.69. The molecule has 0 radical (unpaired) electrons. The summed E-state index contributed by atoms with van der Waals surface area (Å²) in [4.78, 5) is 0. The van der Waals surface area contributed by atoms with Crippen molar-refractivity contribution in [1.82, 2.24) is 10.6 Å². The maximum absolute atomic E-state index is 14.3. The largest absolute Gasteiger partial charge is 0.396 e. The average Bonchev–Trinajstić information content (AvgIpc) is 2.56. The van der Waals surface area contributed by atoms with Gasteiger partial charge < -0.3 is 16.2 Å². The van der Waals surface area contributed by atoms with Gasteiger partial charge in [0, 0.05) is 24.3 Å². The van der Waals surface area contributed by atoms with E-state index in [-0.39, 0.29) is 31.0 Å². The maximum Gasteiger partial charge on any atom is 0.307 e. The van der Waals surface area contributed by atoms with E-state index in [1.165, 1.54) is 0 Å². The molecule has 0 aliphatic carbocycles. The van der Waals surface area contributed by atoms with Gasteiger partial charge >= 0.3 is 6.05 Å². The number of unbranched alkanes of at least 4 members (excludes halogenated alkanes) is 1. The van der Waals surface area contributed by atoms with E-state index in [9.17, 15) is 13.9 Å². The molecule has 0 spiro atoms. The van der Waals surface area contributed by atoms with E-state index in [1.54, 1.807) is 6.08 Å². The molecule has 26 heavy (non-hydrogen) atoms. The third-order valence-corrected chi connectivity index (χ3v) is 4.51. The van der Waals surface area contributed by atoms with Gasteiger partial charge in [-0.3, -0.25) is 5.32 Å². The van der Waals surface area contributed by atoms with Crippen LogP contribution in [0.4, 0.5) is 8.78 Å². The van der Waals surface area contributed by atoms with Gasteiger partial charge in [-0.15, -0.1) is 6.58 Å². The Morgan fingerprint density at radius 1 is 1.23 bits per heavy atom. The van der Waals surface area contributed by atoms with Crippen LogP contribution in [0.1, 0.15) is 59.3 Å². The molecular weight excluding hydrogens is 336 g/mol. The molecule has 0 aromatic rings. The minimum atomic E-state index is -3.07. The Hall–Kier alpha value is -0.980. The van der Waals surface area contributed by atoms with Crippen molar-refractivity contribution in [3.8, 4) is 0 Å². The summed E-state index contributed by atoms with van der Waals surface area (Å²) in [5.41, 5.74) is 6.81. The summed E-state index contributed by atoms with van der Waals surface area (Å²) < 4.78 is 28.6. The second-order valence-corrected chi connectivity index (χ2v) is 7.56. The molecule has 0 fully saturated rings. The maximum atomic E-state index is 14.3. The Balaban J connectivity index is 4.17. The highest BCUT2D eigenvalue weighted by Gasteiger charge is 2.38. The van der Waals surface area contributed by atoms with E-state index >= 15 is 0 Å². The number of nitrogens with two attached hydrogens (primary N) is 1. The molecule has 6 heteroatoms. The van der Waals surface area contributed by atoms with Crippen molar-refractivity contribution < 1.29 is 13.9 Å². The number of halogens is 2. The van der Waals surface area contributed by atoms with E-state index in [2.05, 4.69) is 23.8 Å². The van der Waals surface area contributed by atoms with E-state index in [0.29, 0.717) is 12.8 Å². The second-order valence-electron chi connectivity index (χ2n) is 7.56. The van der Waals surface area contributed by atoms with Crippen LogP contribution in [-0.2, 0) is 0 Å². The first kappa shape index (κ1) is 25.0.